The molecule has 28 heavy (non-hydrogen) atoms. The van der Waals surface area contributed by atoms with Crippen LogP contribution in [0.1, 0.15) is 33.7 Å². The molecule has 6 nitrogen and oxygen atoms in total. The second-order valence-corrected chi connectivity index (χ2v) is 7.02. The van der Waals surface area contributed by atoms with E-state index in [9.17, 15) is 4.79 Å². The van der Waals surface area contributed by atoms with Gasteiger partial charge in [-0.1, -0.05) is 18.2 Å². The van der Waals surface area contributed by atoms with E-state index in [0.29, 0.717) is 31.2 Å². The van der Waals surface area contributed by atoms with Crippen LogP contribution in [-0.2, 0) is 4.74 Å². The third-order valence-corrected chi connectivity index (χ3v) is 4.98. The summed E-state index contributed by atoms with van der Waals surface area (Å²) in [6.45, 7) is 5.23. The number of aromatic nitrogens is 2. The van der Waals surface area contributed by atoms with Crippen molar-refractivity contribution in [1.29, 1.82) is 0 Å². The molecule has 1 unspecified atom stereocenters. The standard InChI is InChI=1S/C22H23N3O3/c1-14-10-20(24-15(2)23-14)22(26)25-8-9-28-21(13-25)18-5-4-17-12-19(27-3)7-6-16(17)11-18/h4-7,10-12,21H,8-9,13H2,1-3H3. The molecule has 2 heterocycles. The van der Waals surface area contributed by atoms with Gasteiger partial charge in [-0.3, -0.25) is 4.79 Å². The molecule has 0 saturated carbocycles. The number of ether oxygens (including phenoxy) is 2. The lowest BCUT2D eigenvalue weighted by atomic mass is 10.0. The van der Waals surface area contributed by atoms with E-state index in [1.54, 1.807) is 20.1 Å². The second-order valence-electron chi connectivity index (χ2n) is 7.02. The van der Waals surface area contributed by atoms with Gasteiger partial charge in [-0.05, 0) is 54.4 Å². The maximum absolute atomic E-state index is 12.9. The molecule has 4 rings (SSSR count). The van der Waals surface area contributed by atoms with Crippen LogP contribution in [0.3, 0.4) is 0 Å². The van der Waals surface area contributed by atoms with Crippen LogP contribution in [0, 0.1) is 13.8 Å². The molecule has 1 fully saturated rings. The number of carbonyl (C=O) groups excluding carboxylic acids is 1. The summed E-state index contributed by atoms with van der Waals surface area (Å²) in [4.78, 5) is 23.3. The fraction of sp³-hybridized carbons (Fsp3) is 0.318. The minimum absolute atomic E-state index is 0.0765. The van der Waals surface area contributed by atoms with Gasteiger partial charge in [-0.25, -0.2) is 9.97 Å². The number of fused-ring (bicyclic) bond motifs is 1. The molecule has 0 aliphatic carbocycles. The number of hydrogen-bond donors (Lipinski definition) is 0. The molecule has 1 aromatic heterocycles. The van der Waals surface area contributed by atoms with E-state index in [2.05, 4.69) is 28.2 Å². The van der Waals surface area contributed by atoms with Crippen LogP contribution in [0.5, 0.6) is 5.75 Å². The van der Waals surface area contributed by atoms with E-state index in [1.807, 2.05) is 30.0 Å². The van der Waals surface area contributed by atoms with Crippen LogP contribution in [-0.4, -0.2) is 47.6 Å². The zero-order valence-electron chi connectivity index (χ0n) is 16.3. The lowest BCUT2D eigenvalue weighted by Crippen LogP contribution is -2.42. The number of carbonyl (C=O) groups is 1. The molecule has 0 radical (unpaired) electrons. The Balaban J connectivity index is 1.56. The summed E-state index contributed by atoms with van der Waals surface area (Å²) >= 11 is 0. The number of morpholine rings is 1. The van der Waals surface area contributed by atoms with Gasteiger partial charge in [0.25, 0.3) is 5.91 Å². The van der Waals surface area contributed by atoms with Gasteiger partial charge in [0.05, 0.1) is 20.3 Å². The van der Waals surface area contributed by atoms with Crippen molar-refractivity contribution in [2.45, 2.75) is 20.0 Å². The van der Waals surface area contributed by atoms with E-state index in [0.717, 1.165) is 27.8 Å². The predicted molar refractivity (Wildman–Crippen MR) is 107 cm³/mol. The molecule has 1 aliphatic heterocycles. The SMILES string of the molecule is COc1ccc2cc(C3CN(C(=O)c4cc(C)nc(C)n4)CCO3)ccc2c1. The summed E-state index contributed by atoms with van der Waals surface area (Å²) in [6, 6.07) is 14.0. The average molecular weight is 377 g/mol. The van der Waals surface area contributed by atoms with Crippen molar-refractivity contribution < 1.29 is 14.3 Å². The number of aryl methyl sites for hydroxylation is 2. The van der Waals surface area contributed by atoms with Crippen molar-refractivity contribution >= 4 is 16.7 Å². The first-order valence-electron chi connectivity index (χ1n) is 9.34. The van der Waals surface area contributed by atoms with Crippen LogP contribution < -0.4 is 4.74 Å². The van der Waals surface area contributed by atoms with Crippen LogP contribution in [0.2, 0.25) is 0 Å². The Hall–Kier alpha value is -2.99. The van der Waals surface area contributed by atoms with E-state index < -0.39 is 0 Å². The first-order chi connectivity index (χ1) is 13.5. The third-order valence-electron chi connectivity index (χ3n) is 4.98. The van der Waals surface area contributed by atoms with Gasteiger partial charge in [0, 0.05) is 12.2 Å². The van der Waals surface area contributed by atoms with Gasteiger partial charge >= 0.3 is 0 Å². The topological polar surface area (TPSA) is 64.5 Å². The Bertz CT molecular complexity index is 1010. The van der Waals surface area contributed by atoms with Crippen molar-refractivity contribution in [3.63, 3.8) is 0 Å². The number of methoxy groups -OCH3 is 1. The molecule has 2 aromatic carbocycles. The van der Waals surface area contributed by atoms with Gasteiger partial charge in [-0.15, -0.1) is 0 Å². The molecule has 1 amide bonds. The van der Waals surface area contributed by atoms with Crippen molar-refractivity contribution in [3.8, 4) is 5.75 Å². The van der Waals surface area contributed by atoms with E-state index in [4.69, 9.17) is 9.47 Å². The zero-order chi connectivity index (χ0) is 19.7. The zero-order valence-corrected chi connectivity index (χ0v) is 16.3. The van der Waals surface area contributed by atoms with E-state index in [-0.39, 0.29) is 12.0 Å². The Kier molecular flexibility index (Phi) is 4.96. The minimum atomic E-state index is -0.159. The van der Waals surface area contributed by atoms with E-state index >= 15 is 0 Å². The smallest absolute Gasteiger partial charge is 0.272 e. The van der Waals surface area contributed by atoms with Crippen LogP contribution in [0.4, 0.5) is 0 Å². The van der Waals surface area contributed by atoms with E-state index in [1.165, 1.54) is 0 Å². The highest BCUT2D eigenvalue weighted by atomic mass is 16.5. The molecular weight excluding hydrogens is 354 g/mol. The Labute approximate surface area is 164 Å². The normalized spacial score (nSPS) is 17.0. The van der Waals surface area contributed by atoms with Gasteiger partial charge in [-0.2, -0.15) is 0 Å². The maximum Gasteiger partial charge on any atom is 0.272 e. The monoisotopic (exact) mass is 377 g/mol. The summed E-state index contributed by atoms with van der Waals surface area (Å²) in [6.07, 6.45) is -0.159. The van der Waals surface area contributed by atoms with Crippen molar-refractivity contribution in [2.24, 2.45) is 0 Å². The largest absolute Gasteiger partial charge is 0.497 e. The molecule has 1 aliphatic rings. The Morgan fingerprint density at radius 2 is 1.89 bits per heavy atom. The predicted octanol–water partition coefficient (Wildman–Crippen LogP) is 3.47. The van der Waals surface area contributed by atoms with Crippen LogP contribution in [0.15, 0.2) is 42.5 Å². The molecular formula is C22H23N3O3. The second kappa shape index (κ2) is 7.56. The Morgan fingerprint density at radius 3 is 2.68 bits per heavy atom. The first kappa shape index (κ1) is 18.4. The molecule has 1 saturated heterocycles. The summed E-state index contributed by atoms with van der Waals surface area (Å²) in [5.74, 6) is 1.37. The van der Waals surface area contributed by atoms with Gasteiger partial charge in [0.2, 0.25) is 0 Å². The number of nitrogens with zero attached hydrogens (tertiary/aromatic N) is 3. The van der Waals surface area contributed by atoms with Gasteiger partial charge in [0.15, 0.2) is 0 Å². The lowest BCUT2D eigenvalue weighted by molar-refractivity contribution is -0.0229. The number of rotatable bonds is 3. The summed E-state index contributed by atoms with van der Waals surface area (Å²) in [7, 11) is 1.66. The number of benzene rings is 2. The highest BCUT2D eigenvalue weighted by Gasteiger charge is 2.27. The van der Waals surface area contributed by atoms with Crippen molar-refractivity contribution in [1.82, 2.24) is 14.9 Å². The molecule has 3 aromatic rings. The molecule has 0 spiro atoms. The van der Waals surface area contributed by atoms with Crippen molar-refractivity contribution in [2.75, 3.05) is 26.8 Å². The molecule has 6 heteroatoms. The van der Waals surface area contributed by atoms with Gasteiger partial charge < -0.3 is 14.4 Å². The Morgan fingerprint density at radius 1 is 1.11 bits per heavy atom. The fourth-order valence-electron chi connectivity index (χ4n) is 3.59. The fourth-order valence-corrected chi connectivity index (χ4v) is 3.59. The van der Waals surface area contributed by atoms with Crippen LogP contribution in [0.25, 0.3) is 10.8 Å². The number of hydrogen-bond acceptors (Lipinski definition) is 5. The molecule has 0 N–H and O–H groups in total. The quantitative estimate of drug-likeness (QED) is 0.699. The van der Waals surface area contributed by atoms with Crippen LogP contribution >= 0.6 is 0 Å². The summed E-state index contributed by atoms with van der Waals surface area (Å²) < 4.78 is 11.3. The summed E-state index contributed by atoms with van der Waals surface area (Å²) in [5.41, 5.74) is 2.30. The molecule has 0 bridgehead atoms. The minimum Gasteiger partial charge on any atom is -0.497 e. The lowest BCUT2D eigenvalue weighted by Gasteiger charge is -2.33. The summed E-state index contributed by atoms with van der Waals surface area (Å²) in [5, 5.41) is 2.23. The van der Waals surface area contributed by atoms with Crippen molar-refractivity contribution in [3.05, 3.63) is 65.2 Å². The molecule has 144 valence electrons. The highest BCUT2D eigenvalue weighted by Crippen LogP contribution is 2.28. The third kappa shape index (κ3) is 3.68. The first-order valence-corrected chi connectivity index (χ1v) is 9.34. The maximum atomic E-state index is 12.9. The number of amides is 1. The van der Waals surface area contributed by atoms with Gasteiger partial charge in [0.1, 0.15) is 23.4 Å². The average Bonchev–Trinajstić information content (AvgIpc) is 2.71. The highest BCUT2D eigenvalue weighted by molar-refractivity contribution is 5.92. The molecule has 1 atom stereocenters.